The molecule has 2 aliphatic rings. The van der Waals surface area contributed by atoms with E-state index >= 15 is 0 Å². The molecule has 0 spiro atoms. The van der Waals surface area contributed by atoms with Gasteiger partial charge in [0.2, 0.25) is 0 Å². The lowest BCUT2D eigenvalue weighted by molar-refractivity contribution is 0.0799. The molecule has 2 saturated carbocycles. The zero-order valence-corrected chi connectivity index (χ0v) is 17.2. The standard InChI is InChI=1S/C24H34F4O/c25-14-2-1-3-17-4-6-18(7-5-17)19-8-10-20(11-9-19)21-12-13-23(22(26)15-21)29-16-24(27)28/h12-13,15,17-20,24H,1-11,14,16H2. The molecule has 0 heterocycles. The molecule has 3 rings (SSSR count). The molecule has 29 heavy (non-hydrogen) atoms. The van der Waals surface area contributed by atoms with Crippen molar-refractivity contribution in [2.45, 2.75) is 83.0 Å². The minimum absolute atomic E-state index is 0.0917. The molecule has 1 aromatic carbocycles. The molecule has 0 bridgehead atoms. The number of halogens is 4. The van der Waals surface area contributed by atoms with E-state index in [0.29, 0.717) is 12.3 Å². The Kier molecular flexibility index (Phi) is 8.68. The van der Waals surface area contributed by atoms with Gasteiger partial charge in [0.1, 0.15) is 6.61 Å². The van der Waals surface area contributed by atoms with Crippen LogP contribution in [0.25, 0.3) is 0 Å². The average Bonchev–Trinajstić information content (AvgIpc) is 2.73. The van der Waals surface area contributed by atoms with Crippen molar-refractivity contribution in [3.05, 3.63) is 29.6 Å². The SMILES string of the molecule is FCCCCC1CCC(C2CCC(c3ccc(OCC(F)F)c(F)c3)CC2)CC1. The second kappa shape index (κ2) is 11.2. The van der Waals surface area contributed by atoms with Crippen LogP contribution in [0.1, 0.15) is 82.1 Å². The minimum atomic E-state index is -2.60. The van der Waals surface area contributed by atoms with Gasteiger partial charge in [0.05, 0.1) is 6.67 Å². The van der Waals surface area contributed by atoms with Gasteiger partial charge in [0.25, 0.3) is 6.43 Å². The fourth-order valence-corrected chi connectivity index (χ4v) is 5.44. The van der Waals surface area contributed by atoms with Gasteiger partial charge in [-0.15, -0.1) is 0 Å². The van der Waals surface area contributed by atoms with Crippen LogP contribution in [0.5, 0.6) is 5.75 Å². The quantitative estimate of drug-likeness (QED) is 0.297. The summed E-state index contributed by atoms with van der Waals surface area (Å²) in [5, 5.41) is 0. The number of benzene rings is 1. The molecule has 1 aromatic rings. The van der Waals surface area contributed by atoms with Crippen molar-refractivity contribution in [3.8, 4) is 5.75 Å². The van der Waals surface area contributed by atoms with Gasteiger partial charge < -0.3 is 4.74 Å². The molecule has 5 heteroatoms. The molecule has 2 fully saturated rings. The molecule has 164 valence electrons. The van der Waals surface area contributed by atoms with Crippen LogP contribution in [0.3, 0.4) is 0 Å². The second-order valence-electron chi connectivity index (χ2n) is 8.97. The van der Waals surface area contributed by atoms with Gasteiger partial charge in [0, 0.05) is 0 Å². The third-order valence-corrected chi connectivity index (χ3v) is 7.12. The summed E-state index contributed by atoms with van der Waals surface area (Å²) in [5.74, 6) is 2.10. The summed E-state index contributed by atoms with van der Waals surface area (Å²) >= 11 is 0. The van der Waals surface area contributed by atoms with E-state index in [1.807, 2.05) is 6.07 Å². The maximum absolute atomic E-state index is 14.2. The molecule has 0 atom stereocenters. The van der Waals surface area contributed by atoms with E-state index in [1.165, 1.54) is 57.1 Å². The number of hydrogen-bond donors (Lipinski definition) is 0. The van der Waals surface area contributed by atoms with E-state index in [0.717, 1.165) is 42.6 Å². The van der Waals surface area contributed by atoms with E-state index in [9.17, 15) is 17.6 Å². The molecule has 0 saturated heterocycles. The molecule has 0 unspecified atom stereocenters. The van der Waals surface area contributed by atoms with Gasteiger partial charge in [-0.1, -0.05) is 31.7 Å². The van der Waals surface area contributed by atoms with Crippen LogP contribution in [-0.4, -0.2) is 19.7 Å². The Morgan fingerprint density at radius 2 is 1.55 bits per heavy atom. The van der Waals surface area contributed by atoms with E-state index < -0.39 is 18.8 Å². The molecule has 1 nitrogen and oxygen atoms in total. The summed E-state index contributed by atoms with van der Waals surface area (Å²) in [4.78, 5) is 0. The lowest BCUT2D eigenvalue weighted by Gasteiger charge is -2.38. The van der Waals surface area contributed by atoms with E-state index in [1.54, 1.807) is 0 Å². The molecule has 0 radical (unpaired) electrons. The van der Waals surface area contributed by atoms with Gasteiger partial charge in [-0.3, -0.25) is 4.39 Å². The largest absolute Gasteiger partial charge is 0.485 e. The Morgan fingerprint density at radius 3 is 2.14 bits per heavy atom. The van der Waals surface area contributed by atoms with Crippen molar-refractivity contribution in [3.63, 3.8) is 0 Å². The smallest absolute Gasteiger partial charge is 0.272 e. The van der Waals surface area contributed by atoms with Gasteiger partial charge in [-0.05, 0) is 86.3 Å². The van der Waals surface area contributed by atoms with Crippen molar-refractivity contribution in [1.82, 2.24) is 0 Å². The van der Waals surface area contributed by atoms with Gasteiger partial charge >= 0.3 is 0 Å². The average molecular weight is 415 g/mol. The number of unbranched alkanes of at least 4 members (excludes halogenated alkanes) is 1. The lowest BCUT2D eigenvalue weighted by Crippen LogP contribution is -2.25. The van der Waals surface area contributed by atoms with Crippen LogP contribution < -0.4 is 4.74 Å². The van der Waals surface area contributed by atoms with Crippen molar-refractivity contribution >= 4 is 0 Å². The lowest BCUT2D eigenvalue weighted by atomic mass is 9.68. The monoisotopic (exact) mass is 414 g/mol. The highest BCUT2D eigenvalue weighted by Gasteiger charge is 2.31. The summed E-state index contributed by atoms with van der Waals surface area (Å²) < 4.78 is 55.8. The third kappa shape index (κ3) is 6.62. The van der Waals surface area contributed by atoms with Gasteiger partial charge in [0.15, 0.2) is 11.6 Å². The van der Waals surface area contributed by atoms with E-state index in [-0.39, 0.29) is 12.4 Å². The predicted octanol–water partition coefficient (Wildman–Crippen LogP) is 7.69. The normalized spacial score (nSPS) is 27.9. The van der Waals surface area contributed by atoms with Crippen LogP contribution in [0, 0.1) is 23.6 Å². The van der Waals surface area contributed by atoms with E-state index in [2.05, 4.69) is 0 Å². The third-order valence-electron chi connectivity index (χ3n) is 7.12. The Balaban J connectivity index is 1.43. The molecule has 0 N–H and O–H groups in total. The maximum atomic E-state index is 14.2. The zero-order chi connectivity index (χ0) is 20.6. The van der Waals surface area contributed by atoms with Crippen molar-refractivity contribution in [2.75, 3.05) is 13.3 Å². The molecule has 0 aliphatic heterocycles. The van der Waals surface area contributed by atoms with Crippen LogP contribution >= 0.6 is 0 Å². The fraction of sp³-hybridized carbons (Fsp3) is 0.750. The zero-order valence-electron chi connectivity index (χ0n) is 17.2. The highest BCUT2D eigenvalue weighted by Crippen LogP contribution is 2.44. The van der Waals surface area contributed by atoms with E-state index in [4.69, 9.17) is 4.74 Å². The summed E-state index contributed by atoms with van der Waals surface area (Å²) in [6.45, 7) is -0.965. The fourth-order valence-electron chi connectivity index (χ4n) is 5.44. The van der Waals surface area contributed by atoms with Crippen LogP contribution in [0.4, 0.5) is 17.6 Å². The van der Waals surface area contributed by atoms with Crippen LogP contribution in [0.2, 0.25) is 0 Å². The number of alkyl halides is 3. The minimum Gasteiger partial charge on any atom is -0.485 e. The number of rotatable bonds is 9. The van der Waals surface area contributed by atoms with Gasteiger partial charge in [-0.2, -0.15) is 0 Å². The second-order valence-corrected chi connectivity index (χ2v) is 8.97. The maximum Gasteiger partial charge on any atom is 0.272 e. The summed E-state index contributed by atoms with van der Waals surface area (Å²) in [6.07, 6.45) is 10.0. The topological polar surface area (TPSA) is 9.23 Å². The molecule has 0 amide bonds. The molecular formula is C24H34F4O. The molecule has 0 aromatic heterocycles. The Bertz CT molecular complexity index is 605. The first-order valence-electron chi connectivity index (χ1n) is 11.3. The first kappa shape index (κ1) is 22.4. The summed E-state index contributed by atoms with van der Waals surface area (Å²) in [6, 6.07) is 4.79. The highest BCUT2D eigenvalue weighted by atomic mass is 19.3. The van der Waals surface area contributed by atoms with Crippen molar-refractivity contribution in [2.24, 2.45) is 17.8 Å². The van der Waals surface area contributed by atoms with Crippen molar-refractivity contribution in [1.29, 1.82) is 0 Å². The summed E-state index contributed by atoms with van der Waals surface area (Å²) in [5.41, 5.74) is 0.960. The number of hydrogen-bond acceptors (Lipinski definition) is 1. The number of ether oxygens (including phenoxy) is 1. The van der Waals surface area contributed by atoms with Crippen LogP contribution in [-0.2, 0) is 0 Å². The molecular weight excluding hydrogens is 380 g/mol. The Morgan fingerprint density at radius 1 is 0.897 bits per heavy atom. The van der Waals surface area contributed by atoms with Crippen LogP contribution in [0.15, 0.2) is 18.2 Å². The first-order valence-corrected chi connectivity index (χ1v) is 11.3. The summed E-state index contributed by atoms with van der Waals surface area (Å²) in [7, 11) is 0. The predicted molar refractivity (Wildman–Crippen MR) is 108 cm³/mol. The Labute approximate surface area is 172 Å². The van der Waals surface area contributed by atoms with Gasteiger partial charge in [-0.25, -0.2) is 13.2 Å². The highest BCUT2D eigenvalue weighted by molar-refractivity contribution is 5.31. The first-order chi connectivity index (χ1) is 14.1. The Hall–Kier alpha value is -1.26. The molecule has 2 aliphatic carbocycles. The van der Waals surface area contributed by atoms with Crippen molar-refractivity contribution < 1.29 is 22.3 Å².